The number of aliphatic hydroxyl groups excluding tert-OH is 1. The number of benzene rings is 1. The quantitative estimate of drug-likeness (QED) is 0.936. The first-order valence-corrected chi connectivity index (χ1v) is 6.68. The molecule has 0 saturated heterocycles. The molecule has 0 radical (unpaired) electrons. The summed E-state index contributed by atoms with van der Waals surface area (Å²) in [4.78, 5) is 0. The van der Waals surface area contributed by atoms with Crippen molar-refractivity contribution in [3.05, 3.63) is 51.8 Å². The topological polar surface area (TPSA) is 38.0 Å². The fourth-order valence-corrected chi connectivity index (χ4v) is 2.31. The van der Waals surface area contributed by atoms with E-state index in [-0.39, 0.29) is 16.1 Å². The first-order valence-electron chi connectivity index (χ1n) is 6.30. The first-order chi connectivity index (χ1) is 9.45. The van der Waals surface area contributed by atoms with Crippen LogP contribution in [0.25, 0.3) is 0 Å². The van der Waals surface area contributed by atoms with Crippen molar-refractivity contribution in [3.63, 3.8) is 0 Å². The molecule has 108 valence electrons. The summed E-state index contributed by atoms with van der Waals surface area (Å²) < 4.78 is 28.7. The lowest BCUT2D eigenvalue weighted by Crippen LogP contribution is -2.12. The lowest BCUT2D eigenvalue weighted by atomic mass is 10.0. The molecule has 1 N–H and O–H groups in total. The highest BCUT2D eigenvalue weighted by molar-refractivity contribution is 6.31. The summed E-state index contributed by atoms with van der Waals surface area (Å²) in [6, 6.07) is 2.05. The van der Waals surface area contributed by atoms with Crippen molar-refractivity contribution in [2.45, 2.75) is 32.9 Å². The molecular formula is C14H15ClF2N2O. The van der Waals surface area contributed by atoms with Crippen LogP contribution >= 0.6 is 11.6 Å². The molecule has 0 amide bonds. The van der Waals surface area contributed by atoms with E-state index in [4.69, 9.17) is 11.6 Å². The maximum atomic E-state index is 13.8. The minimum Gasteiger partial charge on any atom is -0.382 e. The molecule has 0 fully saturated rings. The second-order valence-electron chi connectivity index (χ2n) is 4.63. The highest BCUT2D eigenvalue weighted by Gasteiger charge is 2.23. The summed E-state index contributed by atoms with van der Waals surface area (Å²) >= 11 is 6.01. The number of nitrogens with zero attached hydrogens (tertiary/aromatic N) is 2. The molecule has 0 aliphatic heterocycles. The average Bonchev–Trinajstić information content (AvgIpc) is 2.75. The van der Waals surface area contributed by atoms with Crippen LogP contribution in [0, 0.1) is 18.6 Å². The second kappa shape index (κ2) is 5.89. The summed E-state index contributed by atoms with van der Waals surface area (Å²) in [6.07, 6.45) is 0.919. The van der Waals surface area contributed by atoms with Crippen LogP contribution < -0.4 is 0 Å². The number of rotatable bonds is 4. The fraction of sp³-hybridized carbons (Fsp3) is 0.357. The smallest absolute Gasteiger partial charge is 0.132 e. The molecular weight excluding hydrogens is 286 g/mol. The average molecular weight is 301 g/mol. The zero-order valence-electron chi connectivity index (χ0n) is 11.2. The Morgan fingerprint density at radius 1 is 1.35 bits per heavy atom. The Labute approximate surface area is 120 Å². The molecule has 1 aromatic heterocycles. The minimum atomic E-state index is -1.28. The molecule has 6 heteroatoms. The van der Waals surface area contributed by atoms with Crippen LogP contribution in [0.15, 0.2) is 18.3 Å². The number of aryl methyl sites for hydroxylation is 2. The Balaban J connectivity index is 2.48. The van der Waals surface area contributed by atoms with Gasteiger partial charge in [0.2, 0.25) is 0 Å². The third kappa shape index (κ3) is 2.69. The summed E-state index contributed by atoms with van der Waals surface area (Å²) in [7, 11) is 0. The van der Waals surface area contributed by atoms with Crippen LogP contribution in [-0.2, 0) is 6.54 Å². The summed E-state index contributed by atoms with van der Waals surface area (Å²) in [5.74, 6) is -1.45. The van der Waals surface area contributed by atoms with Gasteiger partial charge < -0.3 is 5.11 Å². The van der Waals surface area contributed by atoms with Gasteiger partial charge in [-0.1, -0.05) is 18.5 Å². The van der Waals surface area contributed by atoms with Gasteiger partial charge in [-0.2, -0.15) is 5.10 Å². The van der Waals surface area contributed by atoms with E-state index < -0.39 is 17.7 Å². The van der Waals surface area contributed by atoms with Gasteiger partial charge >= 0.3 is 0 Å². The van der Waals surface area contributed by atoms with Crippen LogP contribution in [-0.4, -0.2) is 14.9 Å². The molecule has 0 spiro atoms. The summed E-state index contributed by atoms with van der Waals surface area (Å²) in [5.41, 5.74) is 0.570. The number of halogens is 3. The lowest BCUT2D eigenvalue weighted by molar-refractivity contribution is 0.202. The number of hydrogen-bond acceptors (Lipinski definition) is 2. The van der Waals surface area contributed by atoms with Crippen molar-refractivity contribution in [1.82, 2.24) is 9.78 Å². The molecule has 0 aliphatic rings. The number of aromatic nitrogens is 2. The van der Waals surface area contributed by atoms with E-state index in [1.54, 1.807) is 0 Å². The van der Waals surface area contributed by atoms with E-state index in [2.05, 4.69) is 5.10 Å². The molecule has 3 nitrogen and oxygen atoms in total. The van der Waals surface area contributed by atoms with Gasteiger partial charge in [-0.15, -0.1) is 0 Å². The van der Waals surface area contributed by atoms with Crippen molar-refractivity contribution >= 4 is 11.6 Å². The molecule has 2 aromatic rings. The Morgan fingerprint density at radius 2 is 2.05 bits per heavy atom. The van der Waals surface area contributed by atoms with Crippen LogP contribution in [0.3, 0.4) is 0 Å². The third-order valence-electron chi connectivity index (χ3n) is 3.10. The van der Waals surface area contributed by atoms with E-state index >= 15 is 0 Å². The zero-order valence-corrected chi connectivity index (χ0v) is 12.0. The van der Waals surface area contributed by atoms with E-state index in [0.29, 0.717) is 12.2 Å². The standard InChI is InChI=1S/C14H15ClF2N2O/c1-3-4-19-13(10(15)7-18-19)14(20)9-5-8(2)11(16)6-12(9)17/h5-7,14,20H,3-4H2,1-2H3. The van der Waals surface area contributed by atoms with Gasteiger partial charge in [0.1, 0.15) is 17.7 Å². The molecule has 0 saturated carbocycles. The van der Waals surface area contributed by atoms with Gasteiger partial charge in [0.15, 0.2) is 0 Å². The van der Waals surface area contributed by atoms with E-state index in [9.17, 15) is 13.9 Å². The predicted molar refractivity (Wildman–Crippen MR) is 72.7 cm³/mol. The van der Waals surface area contributed by atoms with Gasteiger partial charge in [-0.05, 0) is 25.0 Å². The van der Waals surface area contributed by atoms with Crippen LogP contribution in [0.4, 0.5) is 8.78 Å². The molecule has 1 heterocycles. The normalized spacial score (nSPS) is 12.7. The Bertz CT molecular complexity index is 628. The Hall–Kier alpha value is -1.46. The highest BCUT2D eigenvalue weighted by atomic mass is 35.5. The van der Waals surface area contributed by atoms with Crippen LogP contribution in [0.5, 0.6) is 0 Å². The number of aliphatic hydroxyl groups is 1. The fourth-order valence-electron chi connectivity index (χ4n) is 2.07. The highest BCUT2D eigenvalue weighted by Crippen LogP contribution is 2.31. The largest absolute Gasteiger partial charge is 0.382 e. The van der Waals surface area contributed by atoms with Gasteiger partial charge in [0.25, 0.3) is 0 Å². The molecule has 0 bridgehead atoms. The first kappa shape index (κ1) is 14.9. The Kier molecular flexibility index (Phi) is 4.40. The van der Waals surface area contributed by atoms with Gasteiger partial charge in [-0.25, -0.2) is 8.78 Å². The Morgan fingerprint density at radius 3 is 2.70 bits per heavy atom. The molecule has 1 atom stereocenters. The molecule has 0 aliphatic carbocycles. The van der Waals surface area contributed by atoms with Crippen LogP contribution in [0.1, 0.15) is 36.3 Å². The van der Waals surface area contributed by atoms with Gasteiger partial charge in [-0.3, -0.25) is 4.68 Å². The molecule has 2 rings (SSSR count). The SMILES string of the molecule is CCCn1ncc(Cl)c1C(O)c1cc(C)c(F)cc1F. The zero-order chi connectivity index (χ0) is 14.9. The summed E-state index contributed by atoms with van der Waals surface area (Å²) in [5, 5.41) is 14.7. The number of hydrogen-bond donors (Lipinski definition) is 1. The lowest BCUT2D eigenvalue weighted by Gasteiger charge is -2.15. The van der Waals surface area contributed by atoms with Crippen molar-refractivity contribution in [1.29, 1.82) is 0 Å². The van der Waals surface area contributed by atoms with Gasteiger partial charge in [0, 0.05) is 18.2 Å². The third-order valence-corrected chi connectivity index (χ3v) is 3.39. The molecule has 1 unspecified atom stereocenters. The summed E-state index contributed by atoms with van der Waals surface area (Å²) in [6.45, 7) is 4.02. The maximum Gasteiger partial charge on any atom is 0.132 e. The molecule has 20 heavy (non-hydrogen) atoms. The van der Waals surface area contributed by atoms with Crippen molar-refractivity contribution < 1.29 is 13.9 Å². The second-order valence-corrected chi connectivity index (χ2v) is 5.03. The minimum absolute atomic E-state index is 0.0105. The van der Waals surface area contributed by atoms with E-state index in [0.717, 1.165) is 12.5 Å². The van der Waals surface area contributed by atoms with Crippen molar-refractivity contribution in [3.8, 4) is 0 Å². The maximum absolute atomic E-state index is 13.8. The monoisotopic (exact) mass is 300 g/mol. The van der Waals surface area contributed by atoms with Gasteiger partial charge in [0.05, 0.1) is 16.9 Å². The van der Waals surface area contributed by atoms with E-state index in [1.165, 1.54) is 23.9 Å². The van der Waals surface area contributed by atoms with Crippen LogP contribution in [0.2, 0.25) is 5.02 Å². The van der Waals surface area contributed by atoms with E-state index in [1.807, 2.05) is 6.92 Å². The van der Waals surface area contributed by atoms with Crippen molar-refractivity contribution in [2.24, 2.45) is 0 Å². The molecule has 1 aromatic carbocycles. The predicted octanol–water partition coefficient (Wildman–Crippen LogP) is 3.61. The van der Waals surface area contributed by atoms with Crippen molar-refractivity contribution in [2.75, 3.05) is 0 Å².